The lowest BCUT2D eigenvalue weighted by Crippen LogP contribution is -2.37. The van der Waals surface area contributed by atoms with E-state index >= 15 is 0 Å². The zero-order valence-corrected chi connectivity index (χ0v) is 10.9. The summed E-state index contributed by atoms with van der Waals surface area (Å²) in [6, 6.07) is 7.43. The SMILES string of the molecule is Cc1cccc(C(N)C2CCCCS2(=O)=O)c1. The number of aryl methyl sites for hydroxylation is 1. The molecule has 1 aliphatic heterocycles. The van der Waals surface area contributed by atoms with Gasteiger partial charge >= 0.3 is 0 Å². The van der Waals surface area contributed by atoms with E-state index in [1.54, 1.807) is 0 Å². The molecule has 1 fully saturated rings. The molecule has 3 nitrogen and oxygen atoms in total. The first-order chi connectivity index (χ1) is 8.00. The van der Waals surface area contributed by atoms with Gasteiger partial charge in [-0.3, -0.25) is 0 Å². The normalized spacial score (nSPS) is 25.4. The molecule has 2 unspecified atom stereocenters. The van der Waals surface area contributed by atoms with Crippen LogP contribution in [-0.4, -0.2) is 19.4 Å². The Balaban J connectivity index is 2.28. The van der Waals surface area contributed by atoms with Gasteiger partial charge in [0, 0.05) is 6.04 Å². The van der Waals surface area contributed by atoms with Crippen LogP contribution in [0.25, 0.3) is 0 Å². The molecule has 2 rings (SSSR count). The fourth-order valence-corrected chi connectivity index (χ4v) is 4.51. The van der Waals surface area contributed by atoms with Crippen LogP contribution in [0.4, 0.5) is 0 Å². The minimum atomic E-state index is -3.01. The van der Waals surface area contributed by atoms with Gasteiger partial charge in [-0.15, -0.1) is 0 Å². The monoisotopic (exact) mass is 253 g/mol. The van der Waals surface area contributed by atoms with Crippen molar-refractivity contribution in [1.29, 1.82) is 0 Å². The second kappa shape index (κ2) is 4.78. The molecule has 94 valence electrons. The summed E-state index contributed by atoms with van der Waals surface area (Å²) in [4.78, 5) is 0. The molecule has 1 aromatic carbocycles. The first kappa shape index (κ1) is 12.6. The molecule has 0 amide bonds. The summed E-state index contributed by atoms with van der Waals surface area (Å²) in [5.41, 5.74) is 8.18. The summed E-state index contributed by atoms with van der Waals surface area (Å²) in [7, 11) is -3.01. The van der Waals surface area contributed by atoms with Crippen LogP contribution in [-0.2, 0) is 9.84 Å². The Morgan fingerprint density at radius 2 is 2.12 bits per heavy atom. The molecule has 17 heavy (non-hydrogen) atoms. The lowest BCUT2D eigenvalue weighted by Gasteiger charge is -2.27. The highest BCUT2D eigenvalue weighted by molar-refractivity contribution is 7.92. The average Bonchev–Trinajstić information content (AvgIpc) is 2.27. The molecule has 1 heterocycles. The van der Waals surface area contributed by atoms with Crippen LogP contribution in [0.3, 0.4) is 0 Å². The number of benzene rings is 1. The Bertz CT molecular complexity index is 496. The van der Waals surface area contributed by atoms with Crippen LogP contribution in [0, 0.1) is 6.92 Å². The van der Waals surface area contributed by atoms with Crippen molar-refractivity contribution in [3.63, 3.8) is 0 Å². The van der Waals surface area contributed by atoms with Gasteiger partial charge in [0.15, 0.2) is 9.84 Å². The van der Waals surface area contributed by atoms with Crippen molar-refractivity contribution in [3.8, 4) is 0 Å². The largest absolute Gasteiger partial charge is 0.323 e. The summed E-state index contributed by atoms with van der Waals surface area (Å²) in [5, 5.41) is -0.405. The van der Waals surface area contributed by atoms with Crippen molar-refractivity contribution in [2.24, 2.45) is 5.73 Å². The Morgan fingerprint density at radius 3 is 2.76 bits per heavy atom. The third-order valence-corrected chi connectivity index (χ3v) is 5.77. The zero-order valence-electron chi connectivity index (χ0n) is 10.1. The zero-order chi connectivity index (χ0) is 12.5. The molecule has 0 radical (unpaired) electrons. The predicted molar refractivity (Wildman–Crippen MR) is 69.5 cm³/mol. The van der Waals surface area contributed by atoms with Gasteiger partial charge in [0.25, 0.3) is 0 Å². The van der Waals surface area contributed by atoms with Crippen LogP contribution < -0.4 is 5.73 Å². The molecular weight excluding hydrogens is 234 g/mol. The minimum absolute atomic E-state index is 0.289. The topological polar surface area (TPSA) is 60.2 Å². The smallest absolute Gasteiger partial charge is 0.155 e. The van der Waals surface area contributed by atoms with Crippen molar-refractivity contribution in [1.82, 2.24) is 0 Å². The molecule has 0 aliphatic carbocycles. The van der Waals surface area contributed by atoms with E-state index in [1.165, 1.54) is 0 Å². The van der Waals surface area contributed by atoms with Crippen molar-refractivity contribution >= 4 is 9.84 Å². The summed E-state index contributed by atoms with van der Waals surface area (Å²) in [6.07, 6.45) is 2.43. The van der Waals surface area contributed by atoms with Crippen LogP contribution in [0.15, 0.2) is 24.3 Å². The highest BCUT2D eigenvalue weighted by atomic mass is 32.2. The van der Waals surface area contributed by atoms with E-state index in [1.807, 2.05) is 31.2 Å². The number of hydrogen-bond donors (Lipinski definition) is 1. The summed E-state index contributed by atoms with van der Waals surface area (Å²) < 4.78 is 24.0. The average molecular weight is 253 g/mol. The Labute approximate surface area is 103 Å². The maximum absolute atomic E-state index is 12.0. The van der Waals surface area contributed by atoms with E-state index in [4.69, 9.17) is 5.73 Å². The molecule has 1 saturated heterocycles. The number of hydrogen-bond acceptors (Lipinski definition) is 3. The fraction of sp³-hybridized carbons (Fsp3) is 0.538. The molecule has 0 aromatic heterocycles. The third kappa shape index (κ3) is 2.69. The first-order valence-corrected chi connectivity index (χ1v) is 7.76. The van der Waals surface area contributed by atoms with E-state index in [9.17, 15) is 8.42 Å². The summed E-state index contributed by atoms with van der Waals surface area (Å²) >= 11 is 0. The maximum Gasteiger partial charge on any atom is 0.155 e. The van der Waals surface area contributed by atoms with Crippen LogP contribution in [0.5, 0.6) is 0 Å². The quantitative estimate of drug-likeness (QED) is 0.876. The fourth-order valence-electron chi connectivity index (χ4n) is 2.47. The van der Waals surface area contributed by atoms with Gasteiger partial charge in [-0.05, 0) is 25.3 Å². The van der Waals surface area contributed by atoms with Crippen LogP contribution >= 0.6 is 0 Å². The Hall–Kier alpha value is -0.870. The van der Waals surface area contributed by atoms with Crippen LogP contribution in [0.1, 0.15) is 36.4 Å². The van der Waals surface area contributed by atoms with E-state index in [0.717, 1.165) is 24.0 Å². The van der Waals surface area contributed by atoms with E-state index < -0.39 is 15.1 Å². The van der Waals surface area contributed by atoms with Gasteiger partial charge in [0.1, 0.15) is 0 Å². The highest BCUT2D eigenvalue weighted by Crippen LogP contribution is 2.29. The van der Waals surface area contributed by atoms with Gasteiger partial charge in [-0.2, -0.15) is 0 Å². The summed E-state index contributed by atoms with van der Waals surface area (Å²) in [6.45, 7) is 1.99. The van der Waals surface area contributed by atoms with Gasteiger partial charge in [-0.1, -0.05) is 36.2 Å². The van der Waals surface area contributed by atoms with E-state index in [2.05, 4.69) is 0 Å². The predicted octanol–water partition coefficient (Wildman–Crippen LogP) is 1.96. The molecule has 0 spiro atoms. The van der Waals surface area contributed by atoms with Crippen LogP contribution in [0.2, 0.25) is 0 Å². The van der Waals surface area contributed by atoms with Gasteiger partial charge in [0.2, 0.25) is 0 Å². The molecule has 1 aliphatic rings. The first-order valence-electron chi connectivity index (χ1n) is 6.04. The molecule has 4 heteroatoms. The van der Waals surface area contributed by atoms with Gasteiger partial charge in [0.05, 0.1) is 11.0 Å². The maximum atomic E-state index is 12.0. The number of nitrogens with two attached hydrogens (primary N) is 1. The second-order valence-electron chi connectivity index (χ2n) is 4.84. The van der Waals surface area contributed by atoms with E-state index in [-0.39, 0.29) is 11.8 Å². The van der Waals surface area contributed by atoms with Gasteiger partial charge < -0.3 is 5.73 Å². The summed E-state index contributed by atoms with van der Waals surface area (Å²) in [5.74, 6) is 0.289. The Kier molecular flexibility index (Phi) is 3.54. The highest BCUT2D eigenvalue weighted by Gasteiger charge is 2.34. The lowest BCUT2D eigenvalue weighted by atomic mass is 9.99. The van der Waals surface area contributed by atoms with Crippen molar-refractivity contribution in [3.05, 3.63) is 35.4 Å². The Morgan fingerprint density at radius 1 is 1.35 bits per heavy atom. The minimum Gasteiger partial charge on any atom is -0.323 e. The lowest BCUT2D eigenvalue weighted by molar-refractivity contribution is 0.504. The van der Waals surface area contributed by atoms with Crippen molar-refractivity contribution in [2.75, 3.05) is 5.75 Å². The molecule has 2 atom stereocenters. The molecule has 1 aromatic rings. The van der Waals surface area contributed by atoms with Crippen molar-refractivity contribution < 1.29 is 8.42 Å². The standard InChI is InChI=1S/C13H19NO2S/c1-10-5-4-6-11(9-10)13(14)12-7-2-3-8-17(12,15)16/h4-6,9,12-13H,2-3,7-8,14H2,1H3. The second-order valence-corrected chi connectivity index (χ2v) is 7.18. The van der Waals surface area contributed by atoms with E-state index in [0.29, 0.717) is 6.42 Å². The molecule has 2 N–H and O–H groups in total. The number of sulfone groups is 1. The van der Waals surface area contributed by atoms with Gasteiger partial charge in [-0.25, -0.2) is 8.42 Å². The number of rotatable bonds is 2. The molecule has 0 saturated carbocycles. The molecule has 0 bridgehead atoms. The molecular formula is C13H19NO2S. The van der Waals surface area contributed by atoms with Crippen molar-refractivity contribution in [2.45, 2.75) is 37.5 Å². The third-order valence-electron chi connectivity index (χ3n) is 3.46.